The molecule has 1 aromatic carbocycles. The smallest absolute Gasteiger partial charge is 0.407 e. The number of cyclic esters (lactones) is 1. The van der Waals surface area contributed by atoms with Crippen LogP contribution in [0.1, 0.15) is 25.5 Å². The second kappa shape index (κ2) is 5.13. The van der Waals surface area contributed by atoms with Gasteiger partial charge >= 0.3 is 6.09 Å². The van der Waals surface area contributed by atoms with Crippen LogP contribution in [0.2, 0.25) is 19.6 Å². The van der Waals surface area contributed by atoms with Crippen molar-refractivity contribution in [1.82, 2.24) is 5.32 Å². The Hall–Kier alpha value is -1.49. The van der Waals surface area contributed by atoms with E-state index in [1.165, 1.54) is 0 Å². The van der Waals surface area contributed by atoms with Gasteiger partial charge in [0.2, 0.25) is 8.32 Å². The number of ether oxygens (including phenoxy) is 1. The molecule has 4 nitrogen and oxygen atoms in total. The Morgan fingerprint density at radius 3 is 2.40 bits per heavy atom. The molecular weight excluding hydrogens is 270 g/mol. The molecule has 20 heavy (non-hydrogen) atoms. The van der Waals surface area contributed by atoms with Crippen LogP contribution >= 0.6 is 0 Å². The molecule has 1 fully saturated rings. The summed E-state index contributed by atoms with van der Waals surface area (Å²) in [7, 11) is -1.58. The summed E-state index contributed by atoms with van der Waals surface area (Å²) in [6.45, 7) is 11.1. The van der Waals surface area contributed by atoms with Crippen LogP contribution in [-0.2, 0) is 4.74 Å². The number of rotatable bonds is 3. The highest BCUT2D eigenvalue weighted by atomic mass is 28.4. The molecule has 1 aliphatic heterocycles. The largest absolute Gasteiger partial charge is 0.544 e. The molecule has 0 radical (unpaired) electrons. The molecule has 110 valence electrons. The summed E-state index contributed by atoms with van der Waals surface area (Å²) in [6, 6.07) is 7.96. The molecule has 1 aromatic rings. The number of amides is 1. The van der Waals surface area contributed by atoms with E-state index >= 15 is 0 Å². The van der Waals surface area contributed by atoms with Gasteiger partial charge < -0.3 is 14.5 Å². The van der Waals surface area contributed by atoms with Crippen LogP contribution in [0.5, 0.6) is 5.75 Å². The van der Waals surface area contributed by atoms with Crippen LogP contribution < -0.4 is 9.74 Å². The molecule has 1 N–H and O–H groups in total. The molecule has 0 saturated carbocycles. The highest BCUT2D eigenvalue weighted by molar-refractivity contribution is 6.70. The van der Waals surface area contributed by atoms with Gasteiger partial charge in [-0.05, 0) is 37.3 Å². The summed E-state index contributed by atoms with van der Waals surface area (Å²) in [4.78, 5) is 11.4. The number of hydrogen-bond donors (Lipinski definition) is 1. The van der Waals surface area contributed by atoms with Crippen LogP contribution in [0.15, 0.2) is 24.3 Å². The van der Waals surface area contributed by atoms with Gasteiger partial charge in [-0.3, -0.25) is 0 Å². The zero-order valence-corrected chi connectivity index (χ0v) is 13.8. The van der Waals surface area contributed by atoms with Crippen LogP contribution in [-0.4, -0.2) is 21.0 Å². The van der Waals surface area contributed by atoms with Gasteiger partial charge in [-0.2, -0.15) is 0 Å². The van der Waals surface area contributed by atoms with Crippen molar-refractivity contribution in [2.75, 3.05) is 6.61 Å². The van der Waals surface area contributed by atoms with Crippen molar-refractivity contribution in [3.8, 4) is 5.75 Å². The summed E-state index contributed by atoms with van der Waals surface area (Å²) in [6.07, 6.45) is -0.350. The van der Waals surface area contributed by atoms with Crippen molar-refractivity contribution in [1.29, 1.82) is 0 Å². The van der Waals surface area contributed by atoms with Gasteiger partial charge in [-0.15, -0.1) is 0 Å². The first-order valence-corrected chi connectivity index (χ1v) is 10.3. The summed E-state index contributed by atoms with van der Waals surface area (Å²) < 4.78 is 11.0. The average Bonchev–Trinajstić information content (AvgIpc) is 2.32. The van der Waals surface area contributed by atoms with E-state index < -0.39 is 8.32 Å². The number of hydrogen-bond acceptors (Lipinski definition) is 3. The van der Waals surface area contributed by atoms with E-state index in [4.69, 9.17) is 9.16 Å². The second-order valence-electron chi connectivity index (χ2n) is 6.93. The maximum Gasteiger partial charge on any atom is 0.407 e. The minimum atomic E-state index is -1.58. The molecule has 0 aliphatic carbocycles. The fraction of sp³-hybridized carbons (Fsp3) is 0.533. The third kappa shape index (κ3) is 3.54. The lowest BCUT2D eigenvalue weighted by atomic mass is 9.80. The lowest BCUT2D eigenvalue weighted by Gasteiger charge is -2.38. The van der Waals surface area contributed by atoms with Crippen molar-refractivity contribution < 1.29 is 14.0 Å². The minimum absolute atomic E-state index is 0.0373. The van der Waals surface area contributed by atoms with Crippen molar-refractivity contribution in [2.45, 2.75) is 39.5 Å². The Labute approximate surface area is 121 Å². The lowest BCUT2D eigenvalue weighted by Crippen LogP contribution is -2.46. The first-order valence-electron chi connectivity index (χ1n) is 6.90. The van der Waals surface area contributed by atoms with Gasteiger partial charge in [-0.1, -0.05) is 26.0 Å². The first-order chi connectivity index (χ1) is 9.17. The summed E-state index contributed by atoms with van der Waals surface area (Å²) in [5.41, 5.74) is 0.948. The maximum atomic E-state index is 11.4. The highest BCUT2D eigenvalue weighted by Gasteiger charge is 2.37. The molecule has 0 spiro atoms. The fourth-order valence-electron chi connectivity index (χ4n) is 2.31. The molecule has 1 atom stereocenters. The molecule has 0 bridgehead atoms. The Bertz CT molecular complexity index is 491. The fourth-order valence-corrected chi connectivity index (χ4v) is 3.15. The zero-order chi connectivity index (χ0) is 15.0. The lowest BCUT2D eigenvalue weighted by molar-refractivity contribution is 0.0387. The number of benzene rings is 1. The van der Waals surface area contributed by atoms with E-state index in [1.807, 2.05) is 24.3 Å². The molecule has 5 heteroatoms. The van der Waals surface area contributed by atoms with Gasteiger partial charge in [0.15, 0.2) is 0 Å². The third-order valence-corrected chi connectivity index (χ3v) is 4.10. The van der Waals surface area contributed by atoms with Gasteiger partial charge in [0, 0.05) is 5.41 Å². The topological polar surface area (TPSA) is 47.6 Å². The quantitative estimate of drug-likeness (QED) is 0.864. The van der Waals surface area contributed by atoms with E-state index in [0.29, 0.717) is 6.61 Å². The average molecular weight is 293 g/mol. The molecule has 1 heterocycles. The normalized spacial score (nSPS) is 21.9. The van der Waals surface area contributed by atoms with Crippen molar-refractivity contribution >= 4 is 14.4 Å². The highest BCUT2D eigenvalue weighted by Crippen LogP contribution is 2.36. The Kier molecular flexibility index (Phi) is 3.82. The number of carbonyl (C=O) groups excluding carboxylic acids is 1. The van der Waals surface area contributed by atoms with E-state index in [2.05, 4.69) is 38.8 Å². The number of nitrogens with one attached hydrogen (secondary N) is 1. The first kappa shape index (κ1) is 14.9. The molecule has 1 aliphatic rings. The van der Waals surface area contributed by atoms with E-state index in [0.717, 1.165) is 11.3 Å². The standard InChI is InChI=1S/C15H23NO3Si/c1-15(2)10-18-14(17)16-13(15)11-6-8-12(9-7-11)19-20(3,4)5/h6-9,13H,10H2,1-5H3,(H,16,17)/t13-/m0/s1. The van der Waals surface area contributed by atoms with Crippen LogP contribution in [0.3, 0.4) is 0 Å². The summed E-state index contributed by atoms with van der Waals surface area (Å²) >= 11 is 0. The van der Waals surface area contributed by atoms with Gasteiger partial charge in [0.05, 0.1) is 6.04 Å². The van der Waals surface area contributed by atoms with Gasteiger partial charge in [0.1, 0.15) is 12.4 Å². The zero-order valence-electron chi connectivity index (χ0n) is 12.8. The Morgan fingerprint density at radius 2 is 1.85 bits per heavy atom. The molecular formula is C15H23NO3Si. The van der Waals surface area contributed by atoms with Crippen molar-refractivity contribution in [3.63, 3.8) is 0 Å². The van der Waals surface area contributed by atoms with Crippen LogP contribution in [0.25, 0.3) is 0 Å². The predicted octanol–water partition coefficient (Wildman–Crippen LogP) is 3.71. The second-order valence-corrected chi connectivity index (χ2v) is 11.4. The van der Waals surface area contributed by atoms with E-state index in [1.54, 1.807) is 0 Å². The monoisotopic (exact) mass is 293 g/mol. The Morgan fingerprint density at radius 1 is 1.25 bits per heavy atom. The number of alkyl carbamates (subject to hydrolysis) is 1. The number of carbonyl (C=O) groups is 1. The molecule has 2 rings (SSSR count). The predicted molar refractivity (Wildman–Crippen MR) is 81.4 cm³/mol. The third-order valence-electron chi connectivity index (χ3n) is 3.26. The Balaban J connectivity index is 2.18. The van der Waals surface area contributed by atoms with Crippen molar-refractivity contribution in [3.05, 3.63) is 29.8 Å². The van der Waals surface area contributed by atoms with Gasteiger partial charge in [0.25, 0.3) is 0 Å². The van der Waals surface area contributed by atoms with Crippen LogP contribution in [0.4, 0.5) is 4.79 Å². The molecule has 1 amide bonds. The van der Waals surface area contributed by atoms with E-state index in [-0.39, 0.29) is 17.6 Å². The SMILES string of the molecule is CC1(C)COC(=O)N[C@H]1c1ccc(O[Si](C)(C)C)cc1. The molecule has 0 unspecified atom stereocenters. The van der Waals surface area contributed by atoms with E-state index in [9.17, 15) is 4.79 Å². The van der Waals surface area contributed by atoms with Crippen LogP contribution in [0, 0.1) is 5.41 Å². The summed E-state index contributed by atoms with van der Waals surface area (Å²) in [5.74, 6) is 0.893. The molecule has 0 aromatic heterocycles. The van der Waals surface area contributed by atoms with Gasteiger partial charge in [-0.25, -0.2) is 4.79 Å². The van der Waals surface area contributed by atoms with Crippen molar-refractivity contribution in [2.24, 2.45) is 5.41 Å². The minimum Gasteiger partial charge on any atom is -0.544 e. The molecule has 1 saturated heterocycles. The maximum absolute atomic E-state index is 11.4. The summed E-state index contributed by atoms with van der Waals surface area (Å²) in [5, 5.41) is 2.90.